The van der Waals surface area contributed by atoms with Crippen molar-refractivity contribution < 1.29 is 28.6 Å². The summed E-state index contributed by atoms with van der Waals surface area (Å²) in [5, 5.41) is 0. The molecule has 0 aromatic heterocycles. The van der Waals surface area contributed by atoms with E-state index in [0.717, 1.165) is 0 Å². The van der Waals surface area contributed by atoms with Gasteiger partial charge >= 0.3 is 17.9 Å². The molecule has 0 aliphatic heterocycles. The van der Waals surface area contributed by atoms with Gasteiger partial charge in [0.15, 0.2) is 5.92 Å². The van der Waals surface area contributed by atoms with Crippen LogP contribution < -0.4 is 0 Å². The second-order valence-electron chi connectivity index (χ2n) is 4.45. The summed E-state index contributed by atoms with van der Waals surface area (Å²) in [4.78, 5) is 34.6. The summed E-state index contributed by atoms with van der Waals surface area (Å²) in [5.74, 6) is -2.24. The van der Waals surface area contributed by atoms with Gasteiger partial charge in [-0.15, -0.1) is 0 Å². The van der Waals surface area contributed by atoms with Gasteiger partial charge in [0.25, 0.3) is 0 Å². The normalized spacial score (nSPS) is 10.7. The van der Waals surface area contributed by atoms with Crippen molar-refractivity contribution in [3.63, 3.8) is 0 Å². The zero-order chi connectivity index (χ0) is 16.8. The van der Waals surface area contributed by atoms with Gasteiger partial charge in [-0.1, -0.05) is 12.2 Å². The maximum Gasteiger partial charge on any atom is 0.320 e. The fraction of sp³-hybridized carbons (Fsp3) is 0.688. The standard InChI is InChI=1S/C16H26O6/c1-4-20-14(17)12-10-8-7-9-11-13(15(18)21-5-2)16(19)22-6-3/h7-8,13H,4-6,9-12H2,1-3H3/b8-7-. The van der Waals surface area contributed by atoms with Crippen molar-refractivity contribution in [2.75, 3.05) is 19.8 Å². The average molecular weight is 314 g/mol. The van der Waals surface area contributed by atoms with Crippen LogP contribution in [0.25, 0.3) is 0 Å². The topological polar surface area (TPSA) is 78.9 Å². The number of hydrogen-bond acceptors (Lipinski definition) is 6. The minimum atomic E-state index is -0.894. The number of carbonyl (C=O) groups excluding carboxylic acids is 3. The lowest BCUT2D eigenvalue weighted by Crippen LogP contribution is -2.28. The number of esters is 3. The first kappa shape index (κ1) is 20.1. The summed E-state index contributed by atoms with van der Waals surface area (Å²) in [7, 11) is 0. The first-order valence-corrected chi connectivity index (χ1v) is 7.70. The summed E-state index contributed by atoms with van der Waals surface area (Å²) in [6.45, 7) is 5.97. The summed E-state index contributed by atoms with van der Waals surface area (Å²) in [6.07, 6.45) is 5.43. The van der Waals surface area contributed by atoms with Crippen LogP contribution in [0.1, 0.15) is 46.5 Å². The van der Waals surface area contributed by atoms with Gasteiger partial charge in [0.2, 0.25) is 0 Å². The Morgan fingerprint density at radius 3 is 1.82 bits per heavy atom. The third kappa shape index (κ3) is 9.15. The highest BCUT2D eigenvalue weighted by molar-refractivity contribution is 5.94. The van der Waals surface area contributed by atoms with Crippen molar-refractivity contribution in [3.05, 3.63) is 12.2 Å². The summed E-state index contributed by atoms with van der Waals surface area (Å²) in [5.41, 5.74) is 0. The van der Waals surface area contributed by atoms with Gasteiger partial charge in [0.1, 0.15) is 0 Å². The maximum absolute atomic E-state index is 11.7. The third-order valence-electron chi connectivity index (χ3n) is 2.75. The highest BCUT2D eigenvalue weighted by Gasteiger charge is 2.28. The molecule has 0 aromatic rings. The molecule has 22 heavy (non-hydrogen) atoms. The lowest BCUT2D eigenvalue weighted by molar-refractivity contribution is -0.161. The molecule has 0 saturated heterocycles. The molecule has 6 heteroatoms. The van der Waals surface area contributed by atoms with Crippen molar-refractivity contribution in [3.8, 4) is 0 Å². The SMILES string of the molecule is CCOC(=O)CC/C=C\CCC(C(=O)OCC)C(=O)OCC. The van der Waals surface area contributed by atoms with E-state index in [-0.39, 0.29) is 19.2 Å². The van der Waals surface area contributed by atoms with Crippen LogP contribution in [0, 0.1) is 5.92 Å². The second kappa shape index (κ2) is 12.9. The Balaban J connectivity index is 4.19. The van der Waals surface area contributed by atoms with Crippen LogP contribution in [-0.4, -0.2) is 37.7 Å². The van der Waals surface area contributed by atoms with Gasteiger partial charge in [-0.3, -0.25) is 14.4 Å². The highest BCUT2D eigenvalue weighted by atomic mass is 16.6. The van der Waals surface area contributed by atoms with Crippen LogP contribution in [0.2, 0.25) is 0 Å². The Bertz CT molecular complexity index is 357. The van der Waals surface area contributed by atoms with E-state index >= 15 is 0 Å². The van der Waals surface area contributed by atoms with E-state index < -0.39 is 17.9 Å². The fourth-order valence-corrected chi connectivity index (χ4v) is 1.75. The molecule has 0 rings (SSSR count). The van der Waals surface area contributed by atoms with E-state index in [1.807, 2.05) is 12.2 Å². The molecule has 0 spiro atoms. The van der Waals surface area contributed by atoms with Gasteiger partial charge in [0, 0.05) is 6.42 Å². The van der Waals surface area contributed by atoms with Crippen LogP contribution in [-0.2, 0) is 28.6 Å². The fourth-order valence-electron chi connectivity index (χ4n) is 1.75. The van der Waals surface area contributed by atoms with Gasteiger partial charge in [0.05, 0.1) is 19.8 Å². The molecule has 0 fully saturated rings. The second-order valence-corrected chi connectivity index (χ2v) is 4.45. The average Bonchev–Trinajstić information content (AvgIpc) is 2.47. The molecule has 0 bridgehead atoms. The molecule has 0 amide bonds. The van der Waals surface area contributed by atoms with Gasteiger partial charge in [-0.25, -0.2) is 0 Å². The van der Waals surface area contributed by atoms with E-state index in [1.165, 1.54) is 0 Å². The molecule has 0 aromatic carbocycles. The highest BCUT2D eigenvalue weighted by Crippen LogP contribution is 2.12. The van der Waals surface area contributed by atoms with Crippen LogP contribution in [0.4, 0.5) is 0 Å². The smallest absolute Gasteiger partial charge is 0.320 e. The predicted molar refractivity (Wildman–Crippen MR) is 81.0 cm³/mol. The molecule has 6 nitrogen and oxygen atoms in total. The van der Waals surface area contributed by atoms with Gasteiger partial charge in [-0.05, 0) is 40.0 Å². The predicted octanol–water partition coefficient (Wildman–Crippen LogP) is 2.41. The van der Waals surface area contributed by atoms with E-state index in [1.54, 1.807) is 20.8 Å². The number of ether oxygens (including phenoxy) is 3. The lowest BCUT2D eigenvalue weighted by Gasteiger charge is -2.13. The van der Waals surface area contributed by atoms with Crippen LogP contribution >= 0.6 is 0 Å². The Kier molecular flexibility index (Phi) is 11.8. The molecule has 0 aliphatic carbocycles. The zero-order valence-corrected chi connectivity index (χ0v) is 13.6. The number of hydrogen-bond donors (Lipinski definition) is 0. The quantitative estimate of drug-likeness (QED) is 0.252. The van der Waals surface area contributed by atoms with E-state index in [4.69, 9.17) is 14.2 Å². The van der Waals surface area contributed by atoms with Crippen LogP contribution in [0.3, 0.4) is 0 Å². The third-order valence-corrected chi connectivity index (χ3v) is 2.75. The summed E-state index contributed by atoms with van der Waals surface area (Å²) in [6, 6.07) is 0. The maximum atomic E-state index is 11.7. The van der Waals surface area contributed by atoms with Crippen LogP contribution in [0.5, 0.6) is 0 Å². The van der Waals surface area contributed by atoms with Gasteiger partial charge < -0.3 is 14.2 Å². The number of rotatable bonds is 11. The van der Waals surface area contributed by atoms with Crippen molar-refractivity contribution in [2.24, 2.45) is 5.92 Å². The zero-order valence-electron chi connectivity index (χ0n) is 13.6. The van der Waals surface area contributed by atoms with Crippen LogP contribution in [0.15, 0.2) is 12.2 Å². The molecule has 0 saturated carbocycles. The van der Waals surface area contributed by atoms with E-state index in [0.29, 0.717) is 32.3 Å². The summed E-state index contributed by atoms with van der Waals surface area (Å²) < 4.78 is 14.6. The molecule has 0 atom stereocenters. The van der Waals surface area contributed by atoms with Crippen molar-refractivity contribution >= 4 is 17.9 Å². The monoisotopic (exact) mass is 314 g/mol. The molecule has 0 aliphatic rings. The lowest BCUT2D eigenvalue weighted by atomic mass is 10.0. The molecular weight excluding hydrogens is 288 g/mol. The minimum Gasteiger partial charge on any atom is -0.466 e. The molecule has 0 heterocycles. The van der Waals surface area contributed by atoms with Gasteiger partial charge in [-0.2, -0.15) is 0 Å². The Morgan fingerprint density at radius 2 is 1.32 bits per heavy atom. The first-order valence-electron chi connectivity index (χ1n) is 7.70. The molecule has 0 unspecified atom stereocenters. The Morgan fingerprint density at radius 1 is 0.818 bits per heavy atom. The van der Waals surface area contributed by atoms with E-state index in [2.05, 4.69) is 0 Å². The Hall–Kier alpha value is -1.85. The van der Waals surface area contributed by atoms with Crippen molar-refractivity contribution in [1.29, 1.82) is 0 Å². The molecular formula is C16H26O6. The molecule has 0 radical (unpaired) electrons. The molecule has 0 N–H and O–H groups in total. The van der Waals surface area contributed by atoms with Crippen molar-refractivity contribution in [1.82, 2.24) is 0 Å². The Labute approximate surface area is 131 Å². The number of allylic oxidation sites excluding steroid dienone is 2. The van der Waals surface area contributed by atoms with Crippen molar-refractivity contribution in [2.45, 2.75) is 46.5 Å². The van der Waals surface area contributed by atoms with E-state index in [9.17, 15) is 14.4 Å². The first-order chi connectivity index (χ1) is 10.6. The molecule has 126 valence electrons. The summed E-state index contributed by atoms with van der Waals surface area (Å²) >= 11 is 0. The number of carbonyl (C=O) groups is 3. The largest absolute Gasteiger partial charge is 0.466 e. The minimum absolute atomic E-state index is 0.226.